The van der Waals surface area contributed by atoms with Crippen molar-refractivity contribution >= 4 is 23.9 Å². The molecule has 0 heterocycles. The number of hydrogen-bond acceptors (Lipinski definition) is 4. The van der Waals surface area contributed by atoms with Crippen molar-refractivity contribution in [2.75, 3.05) is 6.61 Å². The SMILES string of the molecule is CC(C)(C)C(=O)OC[C@H](NC(=O)/C=C/c1ccccc1)C(=O)NC1CCCCC1. The molecule has 1 aromatic rings. The Morgan fingerprint density at radius 2 is 1.76 bits per heavy atom. The highest BCUT2D eigenvalue weighted by Gasteiger charge is 2.28. The minimum Gasteiger partial charge on any atom is -0.463 e. The summed E-state index contributed by atoms with van der Waals surface area (Å²) < 4.78 is 5.30. The average Bonchev–Trinajstić information content (AvgIpc) is 2.70. The van der Waals surface area contributed by atoms with Gasteiger partial charge in [0.05, 0.1) is 5.41 Å². The summed E-state index contributed by atoms with van der Waals surface area (Å²) in [5.74, 6) is -1.15. The van der Waals surface area contributed by atoms with Crippen LogP contribution in [0.2, 0.25) is 0 Å². The van der Waals surface area contributed by atoms with E-state index in [0.717, 1.165) is 31.2 Å². The first-order valence-corrected chi connectivity index (χ1v) is 10.3. The predicted octanol–water partition coefficient (Wildman–Crippen LogP) is 3.22. The zero-order chi connectivity index (χ0) is 21.3. The van der Waals surface area contributed by atoms with Crippen LogP contribution < -0.4 is 10.6 Å². The van der Waals surface area contributed by atoms with Crippen LogP contribution in [0.5, 0.6) is 0 Å². The average molecular weight is 401 g/mol. The summed E-state index contributed by atoms with van der Waals surface area (Å²) in [6.07, 6.45) is 8.26. The van der Waals surface area contributed by atoms with Gasteiger partial charge in [-0.05, 0) is 45.3 Å². The molecule has 6 heteroatoms. The molecule has 2 rings (SSSR count). The Morgan fingerprint density at radius 3 is 2.38 bits per heavy atom. The maximum absolute atomic E-state index is 12.7. The number of benzene rings is 1. The van der Waals surface area contributed by atoms with Gasteiger partial charge in [-0.15, -0.1) is 0 Å². The van der Waals surface area contributed by atoms with E-state index in [1.807, 2.05) is 30.3 Å². The molecule has 1 aliphatic carbocycles. The smallest absolute Gasteiger partial charge is 0.311 e. The molecule has 1 atom stereocenters. The number of nitrogens with one attached hydrogen (secondary N) is 2. The molecule has 1 saturated carbocycles. The molecule has 0 spiro atoms. The normalized spacial score (nSPS) is 16.2. The summed E-state index contributed by atoms with van der Waals surface area (Å²) in [7, 11) is 0. The minimum atomic E-state index is -0.934. The Bertz CT molecular complexity index is 716. The van der Waals surface area contributed by atoms with Crippen LogP contribution in [0.4, 0.5) is 0 Å². The summed E-state index contributed by atoms with van der Waals surface area (Å²) in [6, 6.07) is 8.58. The first-order chi connectivity index (χ1) is 13.8. The number of rotatable bonds is 7. The number of ether oxygens (including phenoxy) is 1. The molecule has 0 bridgehead atoms. The van der Waals surface area contributed by atoms with Gasteiger partial charge in [-0.2, -0.15) is 0 Å². The molecule has 2 N–H and O–H groups in total. The molecule has 1 aliphatic rings. The summed E-state index contributed by atoms with van der Waals surface area (Å²) >= 11 is 0. The van der Waals surface area contributed by atoms with Gasteiger partial charge in [-0.25, -0.2) is 0 Å². The standard InChI is InChI=1S/C23H32N2O4/c1-23(2,3)22(28)29-16-19(21(27)24-18-12-8-5-9-13-18)25-20(26)15-14-17-10-6-4-7-11-17/h4,6-7,10-11,14-15,18-19H,5,8-9,12-13,16H2,1-3H3,(H,24,27)(H,25,26)/b15-14+/t19-/m0/s1. The third-order valence-electron chi connectivity index (χ3n) is 4.80. The third kappa shape index (κ3) is 8.10. The highest BCUT2D eigenvalue weighted by molar-refractivity contribution is 5.95. The van der Waals surface area contributed by atoms with Gasteiger partial charge >= 0.3 is 5.97 Å². The van der Waals surface area contributed by atoms with Gasteiger partial charge in [-0.1, -0.05) is 49.6 Å². The third-order valence-corrected chi connectivity index (χ3v) is 4.80. The van der Waals surface area contributed by atoms with Gasteiger partial charge in [0.15, 0.2) is 0 Å². The van der Waals surface area contributed by atoms with Crippen LogP contribution in [-0.2, 0) is 19.1 Å². The molecule has 0 radical (unpaired) electrons. The van der Waals surface area contributed by atoms with Crippen LogP contribution in [0.25, 0.3) is 6.08 Å². The van der Waals surface area contributed by atoms with E-state index in [-0.39, 0.29) is 18.6 Å². The summed E-state index contributed by atoms with van der Waals surface area (Å²) in [5, 5.41) is 5.66. The second kappa shape index (κ2) is 10.8. The van der Waals surface area contributed by atoms with Gasteiger partial charge < -0.3 is 15.4 Å². The fraction of sp³-hybridized carbons (Fsp3) is 0.522. The van der Waals surface area contributed by atoms with Gasteiger partial charge in [0.2, 0.25) is 11.8 Å². The Labute approximate surface area is 173 Å². The Hall–Kier alpha value is -2.63. The van der Waals surface area contributed by atoms with E-state index in [2.05, 4.69) is 10.6 Å². The molecular formula is C23H32N2O4. The van der Waals surface area contributed by atoms with Gasteiger partial charge in [0, 0.05) is 12.1 Å². The molecule has 1 aromatic carbocycles. The van der Waals surface area contributed by atoms with Gasteiger partial charge in [0.25, 0.3) is 0 Å². The maximum Gasteiger partial charge on any atom is 0.311 e. The first kappa shape index (κ1) is 22.7. The second-order valence-corrected chi connectivity index (χ2v) is 8.50. The maximum atomic E-state index is 12.7. The number of esters is 1. The Kier molecular flexibility index (Phi) is 8.43. The van der Waals surface area contributed by atoms with Crippen molar-refractivity contribution in [3.05, 3.63) is 42.0 Å². The molecule has 158 valence electrons. The van der Waals surface area contributed by atoms with Crippen molar-refractivity contribution in [2.24, 2.45) is 5.41 Å². The molecule has 2 amide bonds. The van der Waals surface area contributed by atoms with Crippen molar-refractivity contribution in [3.8, 4) is 0 Å². The van der Waals surface area contributed by atoms with Crippen LogP contribution >= 0.6 is 0 Å². The van der Waals surface area contributed by atoms with Crippen LogP contribution in [0.1, 0.15) is 58.4 Å². The minimum absolute atomic E-state index is 0.105. The monoisotopic (exact) mass is 400 g/mol. The molecule has 6 nitrogen and oxygen atoms in total. The quantitative estimate of drug-likeness (QED) is 0.544. The summed E-state index contributed by atoms with van der Waals surface area (Å²) in [5.41, 5.74) is 0.201. The van der Waals surface area contributed by atoms with Gasteiger partial charge in [0.1, 0.15) is 12.6 Å². The number of hydrogen-bond donors (Lipinski definition) is 2. The lowest BCUT2D eigenvalue weighted by atomic mass is 9.95. The van der Waals surface area contributed by atoms with Crippen molar-refractivity contribution in [1.82, 2.24) is 10.6 Å². The number of carbonyl (C=O) groups is 3. The highest BCUT2D eigenvalue weighted by atomic mass is 16.5. The van der Waals surface area contributed by atoms with E-state index in [9.17, 15) is 14.4 Å². The van der Waals surface area contributed by atoms with Gasteiger partial charge in [-0.3, -0.25) is 14.4 Å². The zero-order valence-electron chi connectivity index (χ0n) is 17.6. The number of amides is 2. The predicted molar refractivity (Wildman–Crippen MR) is 113 cm³/mol. The fourth-order valence-electron chi connectivity index (χ4n) is 3.06. The van der Waals surface area contributed by atoms with Crippen molar-refractivity contribution in [2.45, 2.75) is 65.0 Å². The van der Waals surface area contributed by atoms with E-state index >= 15 is 0 Å². The Morgan fingerprint density at radius 1 is 1.10 bits per heavy atom. The lowest BCUT2D eigenvalue weighted by Crippen LogP contribution is -2.52. The molecular weight excluding hydrogens is 368 g/mol. The van der Waals surface area contributed by atoms with Crippen LogP contribution in [0.15, 0.2) is 36.4 Å². The lowest BCUT2D eigenvalue weighted by molar-refractivity contribution is -0.154. The second-order valence-electron chi connectivity index (χ2n) is 8.50. The fourth-order valence-corrected chi connectivity index (χ4v) is 3.06. The molecule has 0 aromatic heterocycles. The van der Waals surface area contributed by atoms with Crippen molar-refractivity contribution in [1.29, 1.82) is 0 Å². The van der Waals surface area contributed by atoms with E-state index in [1.54, 1.807) is 26.8 Å². The molecule has 0 aliphatic heterocycles. The van der Waals surface area contributed by atoms with Crippen molar-refractivity contribution < 1.29 is 19.1 Å². The van der Waals surface area contributed by atoms with E-state index in [0.29, 0.717) is 0 Å². The van der Waals surface area contributed by atoms with Crippen LogP contribution in [0, 0.1) is 5.41 Å². The van der Waals surface area contributed by atoms with E-state index in [4.69, 9.17) is 4.74 Å². The summed E-state index contributed by atoms with van der Waals surface area (Å²) in [4.78, 5) is 37.2. The topological polar surface area (TPSA) is 84.5 Å². The first-order valence-electron chi connectivity index (χ1n) is 10.3. The highest BCUT2D eigenvalue weighted by Crippen LogP contribution is 2.18. The van der Waals surface area contributed by atoms with E-state index in [1.165, 1.54) is 12.5 Å². The largest absolute Gasteiger partial charge is 0.463 e. The molecule has 29 heavy (non-hydrogen) atoms. The molecule has 0 unspecified atom stereocenters. The number of carbonyl (C=O) groups excluding carboxylic acids is 3. The lowest BCUT2D eigenvalue weighted by Gasteiger charge is -2.26. The van der Waals surface area contributed by atoms with Crippen LogP contribution in [-0.4, -0.2) is 36.5 Å². The zero-order valence-corrected chi connectivity index (χ0v) is 17.6. The molecule has 1 fully saturated rings. The van der Waals surface area contributed by atoms with Crippen LogP contribution in [0.3, 0.4) is 0 Å². The molecule has 0 saturated heterocycles. The van der Waals surface area contributed by atoms with E-state index < -0.39 is 23.3 Å². The summed E-state index contributed by atoms with van der Waals surface area (Å²) in [6.45, 7) is 5.04. The Balaban J connectivity index is 1.99. The van der Waals surface area contributed by atoms with Crippen molar-refractivity contribution in [3.63, 3.8) is 0 Å².